The lowest BCUT2D eigenvalue weighted by Gasteiger charge is -2.16. The quantitative estimate of drug-likeness (QED) is 0.577. The third-order valence-electron chi connectivity index (χ3n) is 5.23. The Bertz CT molecular complexity index is 1230. The molecule has 3 aromatic carbocycles. The summed E-state index contributed by atoms with van der Waals surface area (Å²) in [6.45, 7) is 0.857. The molecule has 0 bridgehead atoms. The van der Waals surface area contributed by atoms with Crippen LogP contribution in [0.1, 0.15) is 28.8 Å². The van der Waals surface area contributed by atoms with Gasteiger partial charge in [0, 0.05) is 36.4 Å². The van der Waals surface area contributed by atoms with Crippen molar-refractivity contribution in [3.63, 3.8) is 0 Å². The van der Waals surface area contributed by atoms with Crippen molar-refractivity contribution in [2.24, 2.45) is 0 Å². The van der Waals surface area contributed by atoms with Gasteiger partial charge in [0.05, 0.1) is 4.90 Å². The molecule has 7 nitrogen and oxygen atoms in total. The highest BCUT2D eigenvalue weighted by Crippen LogP contribution is 2.23. The number of rotatable bonds is 7. The summed E-state index contributed by atoms with van der Waals surface area (Å²) in [5.74, 6) is -0.323. The zero-order valence-corrected chi connectivity index (χ0v) is 18.1. The monoisotopic (exact) mass is 449 g/mol. The lowest BCUT2D eigenvalue weighted by Crippen LogP contribution is -2.24. The molecule has 164 valence electrons. The van der Waals surface area contributed by atoms with Crippen LogP contribution >= 0.6 is 0 Å². The molecule has 2 N–H and O–H groups in total. The highest BCUT2D eigenvalue weighted by atomic mass is 32.2. The lowest BCUT2D eigenvalue weighted by molar-refractivity contribution is -0.117. The third-order valence-corrected chi connectivity index (χ3v) is 6.62. The molecule has 32 heavy (non-hydrogen) atoms. The maximum Gasteiger partial charge on any atom is 0.255 e. The van der Waals surface area contributed by atoms with Crippen molar-refractivity contribution >= 4 is 33.2 Å². The topological polar surface area (TPSA) is 95.6 Å². The van der Waals surface area contributed by atoms with Gasteiger partial charge in [-0.2, -0.15) is 0 Å². The number of carbonyl (C=O) groups excluding carboxylic acids is 2. The summed E-state index contributed by atoms with van der Waals surface area (Å²) in [6.07, 6.45) is 1.40. The molecule has 0 unspecified atom stereocenters. The molecule has 0 atom stereocenters. The fraction of sp³-hybridized carbons (Fsp3) is 0.167. The van der Waals surface area contributed by atoms with Crippen LogP contribution in [-0.2, 0) is 21.4 Å². The first-order valence-corrected chi connectivity index (χ1v) is 11.8. The highest BCUT2D eigenvalue weighted by molar-refractivity contribution is 7.89. The van der Waals surface area contributed by atoms with Gasteiger partial charge >= 0.3 is 0 Å². The second kappa shape index (κ2) is 9.33. The molecular formula is C24H23N3O4S. The van der Waals surface area contributed by atoms with Gasteiger partial charge in [-0.15, -0.1) is 0 Å². The molecule has 1 aliphatic rings. The third kappa shape index (κ3) is 5.04. The molecule has 1 fully saturated rings. The van der Waals surface area contributed by atoms with E-state index in [1.54, 1.807) is 35.2 Å². The molecule has 8 heteroatoms. The molecule has 3 aromatic rings. The summed E-state index contributed by atoms with van der Waals surface area (Å²) in [5, 5.41) is 2.77. The Kier molecular flexibility index (Phi) is 6.34. The standard InChI is InChI=1S/C24H23N3O4S/c28-23-10-5-15-27(23)21-13-11-20(12-14-21)26-24(29)19-8-4-9-22(16-19)32(30,31)25-17-18-6-2-1-3-7-18/h1-4,6-9,11-14,16,25H,5,10,15,17H2,(H,26,29). The van der Waals surface area contributed by atoms with E-state index >= 15 is 0 Å². The molecule has 0 aromatic heterocycles. The van der Waals surface area contributed by atoms with Crippen LogP contribution < -0.4 is 14.9 Å². The largest absolute Gasteiger partial charge is 0.322 e. The Hall–Kier alpha value is -3.49. The van der Waals surface area contributed by atoms with E-state index in [4.69, 9.17) is 0 Å². The Labute approximate surface area is 187 Å². The fourth-order valence-corrected chi connectivity index (χ4v) is 4.57. The minimum atomic E-state index is -3.78. The maximum absolute atomic E-state index is 12.7. The minimum Gasteiger partial charge on any atom is -0.322 e. The second-order valence-corrected chi connectivity index (χ2v) is 9.25. The van der Waals surface area contributed by atoms with Crippen molar-refractivity contribution in [3.05, 3.63) is 90.0 Å². The highest BCUT2D eigenvalue weighted by Gasteiger charge is 2.21. The maximum atomic E-state index is 12.7. The Morgan fingerprint density at radius 3 is 2.38 bits per heavy atom. The zero-order chi connectivity index (χ0) is 22.6. The van der Waals surface area contributed by atoms with Crippen LogP contribution in [-0.4, -0.2) is 26.8 Å². The van der Waals surface area contributed by atoms with Gasteiger partial charge < -0.3 is 10.2 Å². The SMILES string of the molecule is O=C(Nc1ccc(N2CCCC2=O)cc1)c1cccc(S(=O)(=O)NCc2ccccc2)c1. The van der Waals surface area contributed by atoms with Crippen LogP contribution in [0.3, 0.4) is 0 Å². The number of amides is 2. The van der Waals surface area contributed by atoms with E-state index in [-0.39, 0.29) is 22.9 Å². The predicted octanol–water partition coefficient (Wildman–Crippen LogP) is 3.54. The van der Waals surface area contributed by atoms with Gasteiger partial charge in [-0.25, -0.2) is 13.1 Å². The fourth-order valence-electron chi connectivity index (χ4n) is 3.51. The van der Waals surface area contributed by atoms with Gasteiger partial charge in [0.25, 0.3) is 5.91 Å². The summed E-state index contributed by atoms with van der Waals surface area (Å²) in [7, 11) is -3.78. The van der Waals surface area contributed by atoms with E-state index in [1.165, 1.54) is 18.2 Å². The van der Waals surface area contributed by atoms with E-state index in [0.717, 1.165) is 17.7 Å². The van der Waals surface area contributed by atoms with Gasteiger partial charge in [0.1, 0.15) is 0 Å². The molecule has 0 saturated carbocycles. The molecule has 0 radical (unpaired) electrons. The molecule has 1 aliphatic heterocycles. The van der Waals surface area contributed by atoms with Crippen LogP contribution in [0.5, 0.6) is 0 Å². The van der Waals surface area contributed by atoms with E-state index in [2.05, 4.69) is 10.0 Å². The smallest absolute Gasteiger partial charge is 0.255 e. The van der Waals surface area contributed by atoms with Crippen LogP contribution in [0.4, 0.5) is 11.4 Å². The summed E-state index contributed by atoms with van der Waals surface area (Å²) in [5.41, 5.74) is 2.42. The first-order valence-electron chi connectivity index (χ1n) is 10.3. The first kappa shape index (κ1) is 21.7. The Morgan fingerprint density at radius 2 is 1.69 bits per heavy atom. The van der Waals surface area contributed by atoms with Gasteiger partial charge in [0.15, 0.2) is 0 Å². The van der Waals surface area contributed by atoms with Gasteiger partial charge in [-0.05, 0) is 54.4 Å². The number of hydrogen-bond donors (Lipinski definition) is 2. The van der Waals surface area contributed by atoms with Crippen molar-refractivity contribution in [2.75, 3.05) is 16.8 Å². The van der Waals surface area contributed by atoms with E-state index in [0.29, 0.717) is 18.7 Å². The summed E-state index contributed by atoms with van der Waals surface area (Å²) in [6, 6.07) is 22.1. The minimum absolute atomic E-state index is 0.0176. The molecule has 1 saturated heterocycles. The normalized spacial score (nSPS) is 13.9. The van der Waals surface area contributed by atoms with Gasteiger partial charge in [-0.1, -0.05) is 36.4 Å². The predicted molar refractivity (Wildman–Crippen MR) is 123 cm³/mol. The number of nitrogens with one attached hydrogen (secondary N) is 2. The average molecular weight is 450 g/mol. The van der Waals surface area contributed by atoms with Crippen molar-refractivity contribution in [1.82, 2.24) is 4.72 Å². The van der Waals surface area contributed by atoms with E-state index in [9.17, 15) is 18.0 Å². The van der Waals surface area contributed by atoms with Crippen LogP contribution in [0.25, 0.3) is 0 Å². The summed E-state index contributed by atoms with van der Waals surface area (Å²) >= 11 is 0. The molecule has 0 aliphatic carbocycles. The van der Waals surface area contributed by atoms with Crippen molar-refractivity contribution in [2.45, 2.75) is 24.3 Å². The van der Waals surface area contributed by atoms with Crippen molar-refractivity contribution < 1.29 is 18.0 Å². The van der Waals surface area contributed by atoms with Crippen LogP contribution in [0.2, 0.25) is 0 Å². The number of anilines is 2. The van der Waals surface area contributed by atoms with Gasteiger partial charge in [0.2, 0.25) is 15.9 Å². The Morgan fingerprint density at radius 1 is 0.938 bits per heavy atom. The summed E-state index contributed by atoms with van der Waals surface area (Å²) in [4.78, 5) is 26.3. The van der Waals surface area contributed by atoms with Crippen molar-refractivity contribution in [3.8, 4) is 0 Å². The van der Waals surface area contributed by atoms with Crippen LogP contribution in [0.15, 0.2) is 83.8 Å². The number of sulfonamides is 1. The number of carbonyl (C=O) groups is 2. The Balaban J connectivity index is 1.43. The molecular weight excluding hydrogens is 426 g/mol. The second-order valence-electron chi connectivity index (χ2n) is 7.49. The summed E-state index contributed by atoms with van der Waals surface area (Å²) < 4.78 is 27.9. The zero-order valence-electron chi connectivity index (χ0n) is 17.3. The number of benzene rings is 3. The number of hydrogen-bond acceptors (Lipinski definition) is 4. The number of nitrogens with zero attached hydrogens (tertiary/aromatic N) is 1. The van der Waals surface area contributed by atoms with Gasteiger partial charge in [-0.3, -0.25) is 9.59 Å². The molecule has 0 spiro atoms. The molecule has 1 heterocycles. The van der Waals surface area contributed by atoms with Crippen molar-refractivity contribution in [1.29, 1.82) is 0 Å². The average Bonchev–Trinajstić information content (AvgIpc) is 3.25. The van der Waals surface area contributed by atoms with E-state index < -0.39 is 15.9 Å². The first-order chi connectivity index (χ1) is 15.4. The van der Waals surface area contributed by atoms with Crippen LogP contribution in [0, 0.1) is 0 Å². The lowest BCUT2D eigenvalue weighted by atomic mass is 10.2. The molecule has 2 amide bonds. The van der Waals surface area contributed by atoms with E-state index in [1.807, 2.05) is 30.3 Å². The molecule has 4 rings (SSSR count).